The van der Waals surface area contributed by atoms with Crippen LogP contribution in [0.3, 0.4) is 0 Å². The maximum Gasteiger partial charge on any atom is 0.0198 e. The lowest BCUT2D eigenvalue weighted by atomic mass is 10.0. The summed E-state index contributed by atoms with van der Waals surface area (Å²) in [5.74, 6) is 0. The van der Waals surface area contributed by atoms with Crippen molar-refractivity contribution in [2.24, 2.45) is 5.41 Å². The highest BCUT2D eigenvalue weighted by Crippen LogP contribution is 2.51. The van der Waals surface area contributed by atoms with Gasteiger partial charge < -0.3 is 10.6 Å². The fourth-order valence-corrected chi connectivity index (χ4v) is 1.98. The van der Waals surface area contributed by atoms with E-state index in [1.807, 2.05) is 7.05 Å². The first-order valence-corrected chi connectivity index (χ1v) is 4.23. The van der Waals surface area contributed by atoms with Crippen molar-refractivity contribution in [2.45, 2.75) is 25.3 Å². The zero-order chi connectivity index (χ0) is 7.03. The SMILES string of the molecule is CNCC1CC2(CC2)CN1. The summed E-state index contributed by atoms with van der Waals surface area (Å²) in [4.78, 5) is 0. The van der Waals surface area contributed by atoms with Crippen molar-refractivity contribution in [3.63, 3.8) is 0 Å². The minimum Gasteiger partial charge on any atom is -0.318 e. The molecule has 2 aliphatic rings. The summed E-state index contributed by atoms with van der Waals surface area (Å²) in [6, 6.07) is 0.757. The first-order chi connectivity index (χ1) is 4.85. The summed E-state index contributed by atoms with van der Waals surface area (Å²) in [6.07, 6.45) is 4.36. The second-order valence-electron chi connectivity index (χ2n) is 3.84. The predicted molar refractivity (Wildman–Crippen MR) is 42.0 cm³/mol. The van der Waals surface area contributed by atoms with Crippen LogP contribution in [0.1, 0.15) is 19.3 Å². The van der Waals surface area contributed by atoms with E-state index in [0.29, 0.717) is 0 Å². The minimum atomic E-state index is 0.757. The van der Waals surface area contributed by atoms with Crippen LogP contribution in [0.4, 0.5) is 0 Å². The van der Waals surface area contributed by atoms with Gasteiger partial charge in [0, 0.05) is 19.1 Å². The molecule has 0 amide bonds. The number of rotatable bonds is 2. The molecule has 10 heavy (non-hydrogen) atoms. The smallest absolute Gasteiger partial charge is 0.0198 e. The Morgan fingerprint density at radius 2 is 2.40 bits per heavy atom. The molecule has 1 saturated carbocycles. The molecule has 58 valence electrons. The van der Waals surface area contributed by atoms with Crippen LogP contribution in [-0.2, 0) is 0 Å². The normalized spacial score (nSPS) is 35.1. The third-order valence-corrected chi connectivity index (χ3v) is 2.85. The van der Waals surface area contributed by atoms with E-state index in [4.69, 9.17) is 0 Å². The maximum atomic E-state index is 3.55. The Morgan fingerprint density at radius 3 is 2.90 bits per heavy atom. The Morgan fingerprint density at radius 1 is 1.60 bits per heavy atom. The molecule has 2 N–H and O–H groups in total. The van der Waals surface area contributed by atoms with E-state index in [2.05, 4.69) is 10.6 Å². The molecule has 1 heterocycles. The van der Waals surface area contributed by atoms with E-state index in [9.17, 15) is 0 Å². The summed E-state index contributed by atoms with van der Waals surface area (Å²) in [7, 11) is 2.03. The molecule has 0 aromatic rings. The van der Waals surface area contributed by atoms with Gasteiger partial charge in [-0.15, -0.1) is 0 Å². The van der Waals surface area contributed by atoms with Crippen LogP contribution >= 0.6 is 0 Å². The summed E-state index contributed by atoms with van der Waals surface area (Å²) in [5.41, 5.74) is 0.765. The van der Waals surface area contributed by atoms with Gasteiger partial charge in [-0.2, -0.15) is 0 Å². The molecular formula is C8H16N2. The summed E-state index contributed by atoms with van der Waals surface area (Å²) >= 11 is 0. The van der Waals surface area contributed by atoms with Crippen molar-refractivity contribution in [3.05, 3.63) is 0 Å². The van der Waals surface area contributed by atoms with Gasteiger partial charge in [-0.05, 0) is 31.7 Å². The monoisotopic (exact) mass is 140 g/mol. The quantitative estimate of drug-likeness (QED) is 0.578. The van der Waals surface area contributed by atoms with Crippen molar-refractivity contribution in [2.75, 3.05) is 20.1 Å². The summed E-state index contributed by atoms with van der Waals surface area (Å²) in [5, 5.41) is 6.76. The van der Waals surface area contributed by atoms with Crippen molar-refractivity contribution in [1.82, 2.24) is 10.6 Å². The molecule has 2 nitrogen and oxygen atoms in total. The van der Waals surface area contributed by atoms with Gasteiger partial charge in [0.1, 0.15) is 0 Å². The third kappa shape index (κ3) is 1.06. The molecule has 0 bridgehead atoms. The number of likely N-dealkylation sites (N-methyl/N-ethyl adjacent to an activating group) is 1. The van der Waals surface area contributed by atoms with Crippen LogP contribution in [-0.4, -0.2) is 26.2 Å². The Labute approximate surface area is 62.4 Å². The zero-order valence-corrected chi connectivity index (χ0v) is 6.61. The molecule has 1 unspecified atom stereocenters. The topological polar surface area (TPSA) is 24.1 Å². The zero-order valence-electron chi connectivity index (χ0n) is 6.61. The first-order valence-electron chi connectivity index (χ1n) is 4.23. The van der Waals surface area contributed by atoms with Gasteiger partial charge in [0.25, 0.3) is 0 Å². The molecule has 1 spiro atoms. The molecule has 1 saturated heterocycles. The van der Waals surface area contributed by atoms with Crippen LogP contribution in [0.2, 0.25) is 0 Å². The van der Waals surface area contributed by atoms with Gasteiger partial charge in [0.05, 0.1) is 0 Å². The van der Waals surface area contributed by atoms with E-state index < -0.39 is 0 Å². The van der Waals surface area contributed by atoms with Gasteiger partial charge in [-0.3, -0.25) is 0 Å². The predicted octanol–water partition coefficient (Wildman–Crippen LogP) is 0.348. The second kappa shape index (κ2) is 2.21. The number of hydrogen-bond donors (Lipinski definition) is 2. The second-order valence-corrected chi connectivity index (χ2v) is 3.84. The number of nitrogens with one attached hydrogen (secondary N) is 2. The Bertz CT molecular complexity index is 129. The molecule has 0 aromatic carbocycles. The van der Waals surface area contributed by atoms with E-state index in [-0.39, 0.29) is 0 Å². The van der Waals surface area contributed by atoms with Crippen molar-refractivity contribution >= 4 is 0 Å². The van der Waals surface area contributed by atoms with E-state index >= 15 is 0 Å². The van der Waals surface area contributed by atoms with Gasteiger partial charge in [-0.1, -0.05) is 0 Å². The molecule has 0 radical (unpaired) electrons. The molecule has 1 atom stereocenters. The molecule has 2 fully saturated rings. The fourth-order valence-electron chi connectivity index (χ4n) is 1.98. The van der Waals surface area contributed by atoms with Crippen LogP contribution < -0.4 is 10.6 Å². The van der Waals surface area contributed by atoms with Gasteiger partial charge in [0.2, 0.25) is 0 Å². The first kappa shape index (κ1) is 6.62. The average Bonchev–Trinajstić information content (AvgIpc) is 2.52. The standard InChI is InChI=1S/C8H16N2/c1-9-5-7-4-8(2-3-8)6-10-7/h7,9-10H,2-6H2,1H3. The largest absolute Gasteiger partial charge is 0.318 e. The lowest BCUT2D eigenvalue weighted by Crippen LogP contribution is -2.31. The molecular weight excluding hydrogens is 124 g/mol. The van der Waals surface area contributed by atoms with E-state index in [0.717, 1.165) is 18.0 Å². The van der Waals surface area contributed by atoms with Gasteiger partial charge in [-0.25, -0.2) is 0 Å². The average molecular weight is 140 g/mol. The fraction of sp³-hybridized carbons (Fsp3) is 1.00. The highest BCUT2D eigenvalue weighted by Gasteiger charge is 2.47. The van der Waals surface area contributed by atoms with Gasteiger partial charge in [0.15, 0.2) is 0 Å². The van der Waals surface area contributed by atoms with Crippen LogP contribution in [0, 0.1) is 5.41 Å². The van der Waals surface area contributed by atoms with Crippen molar-refractivity contribution in [3.8, 4) is 0 Å². The van der Waals surface area contributed by atoms with Crippen molar-refractivity contribution in [1.29, 1.82) is 0 Å². The summed E-state index contributed by atoms with van der Waals surface area (Å²) in [6.45, 7) is 2.42. The number of hydrogen-bond acceptors (Lipinski definition) is 2. The maximum absolute atomic E-state index is 3.55. The van der Waals surface area contributed by atoms with Crippen LogP contribution in [0.25, 0.3) is 0 Å². The van der Waals surface area contributed by atoms with E-state index in [1.54, 1.807) is 0 Å². The molecule has 0 aromatic heterocycles. The molecule has 1 aliphatic carbocycles. The molecule has 2 rings (SSSR count). The Hall–Kier alpha value is -0.0800. The molecule has 2 heteroatoms. The highest BCUT2D eigenvalue weighted by molar-refractivity contribution is 5.03. The lowest BCUT2D eigenvalue weighted by Gasteiger charge is -2.07. The minimum absolute atomic E-state index is 0.757. The van der Waals surface area contributed by atoms with E-state index in [1.165, 1.54) is 25.8 Å². The Kier molecular flexibility index (Phi) is 1.46. The van der Waals surface area contributed by atoms with Crippen molar-refractivity contribution < 1.29 is 0 Å². The molecule has 1 aliphatic heterocycles. The lowest BCUT2D eigenvalue weighted by molar-refractivity contribution is 0.526. The summed E-state index contributed by atoms with van der Waals surface area (Å²) < 4.78 is 0. The van der Waals surface area contributed by atoms with Crippen LogP contribution in [0.15, 0.2) is 0 Å². The highest BCUT2D eigenvalue weighted by atomic mass is 15.0. The third-order valence-electron chi connectivity index (χ3n) is 2.85. The van der Waals surface area contributed by atoms with Gasteiger partial charge >= 0.3 is 0 Å². The Balaban J connectivity index is 1.82. The van der Waals surface area contributed by atoms with Crippen LogP contribution in [0.5, 0.6) is 0 Å².